The number of anilines is 2. The maximum absolute atomic E-state index is 13.9. The van der Waals surface area contributed by atoms with Gasteiger partial charge in [-0.3, -0.25) is 24.1 Å². The van der Waals surface area contributed by atoms with Crippen LogP contribution in [-0.4, -0.2) is 34.6 Å². The second-order valence-electron chi connectivity index (χ2n) is 12.1. The van der Waals surface area contributed by atoms with Crippen molar-refractivity contribution in [2.75, 3.05) is 16.8 Å². The summed E-state index contributed by atoms with van der Waals surface area (Å²) in [6.45, 7) is 1.79. The fourth-order valence-corrected chi connectivity index (χ4v) is 11.0. The average molecular weight is 624 g/mol. The molecule has 1 aromatic heterocycles. The second kappa shape index (κ2) is 10.5. The maximum atomic E-state index is 13.9. The molecule has 2 aliphatic heterocycles. The third-order valence-corrected chi connectivity index (χ3v) is 12.2. The summed E-state index contributed by atoms with van der Waals surface area (Å²) in [7, 11) is 0. The third-order valence-electron chi connectivity index (χ3n) is 9.65. The highest BCUT2D eigenvalue weighted by Gasteiger charge is 2.69. The summed E-state index contributed by atoms with van der Waals surface area (Å²) >= 11 is 2.85. The van der Waals surface area contributed by atoms with Gasteiger partial charge in [-0.25, -0.2) is 0 Å². The molecule has 2 N–H and O–H groups in total. The van der Waals surface area contributed by atoms with Crippen LogP contribution in [0.25, 0.3) is 0 Å². The molecule has 222 valence electrons. The molecular weight excluding hydrogens is 595 g/mol. The minimum Gasteiger partial charge on any atom is -0.483 e. The molecule has 2 bridgehead atoms. The normalized spacial score (nSPS) is 28.0. The van der Waals surface area contributed by atoms with Crippen molar-refractivity contribution in [1.29, 1.82) is 0 Å². The van der Waals surface area contributed by atoms with Crippen molar-refractivity contribution in [2.45, 2.75) is 29.5 Å². The summed E-state index contributed by atoms with van der Waals surface area (Å²) in [6, 6.07) is 24.5. The first kappa shape index (κ1) is 27.4. The molecule has 3 amide bonds. The molecule has 3 heterocycles. The molecule has 7 atom stereocenters. The number of nitrogens with zero attached hydrogens (tertiary/aromatic N) is 1. The van der Waals surface area contributed by atoms with Crippen LogP contribution in [0, 0.1) is 36.5 Å². The molecule has 4 aromatic rings. The smallest absolute Gasteiger partial charge is 0.305 e. The Morgan fingerprint density at radius 2 is 1.70 bits per heavy atom. The fraction of sp³-hybridized carbons (Fsp3) is 0.294. The zero-order valence-electron chi connectivity index (χ0n) is 23.8. The van der Waals surface area contributed by atoms with Crippen molar-refractivity contribution in [1.82, 2.24) is 4.98 Å². The molecule has 8 nitrogen and oxygen atoms in total. The van der Waals surface area contributed by atoms with Gasteiger partial charge in [0.2, 0.25) is 11.8 Å². The van der Waals surface area contributed by atoms with Gasteiger partial charge in [0, 0.05) is 27.3 Å². The number of H-pyrrole nitrogens is 1. The number of rotatable bonds is 6. The van der Waals surface area contributed by atoms with E-state index in [0.29, 0.717) is 17.1 Å². The Labute approximate surface area is 261 Å². The molecule has 0 spiro atoms. The summed E-state index contributed by atoms with van der Waals surface area (Å²) in [5.74, 6) is -0.828. The summed E-state index contributed by atoms with van der Waals surface area (Å²) in [6.07, 6.45) is 0.801. The van der Waals surface area contributed by atoms with E-state index in [9.17, 15) is 19.2 Å². The number of fused-ring (bicyclic) bond motifs is 9. The Morgan fingerprint density at radius 1 is 0.955 bits per heavy atom. The first-order valence-electron chi connectivity index (χ1n) is 14.8. The van der Waals surface area contributed by atoms with E-state index in [4.69, 9.17) is 4.74 Å². The monoisotopic (exact) mass is 623 g/mol. The minimum absolute atomic E-state index is 0.0133. The van der Waals surface area contributed by atoms with Crippen molar-refractivity contribution < 1.29 is 19.1 Å². The molecule has 4 aliphatic rings. The van der Waals surface area contributed by atoms with Crippen molar-refractivity contribution >= 4 is 52.2 Å². The van der Waals surface area contributed by atoms with E-state index in [2.05, 4.69) is 10.3 Å². The van der Waals surface area contributed by atoms with Gasteiger partial charge in [0.05, 0.1) is 22.5 Å². The summed E-state index contributed by atoms with van der Waals surface area (Å²) in [5, 5.41) is 3.79. The van der Waals surface area contributed by atoms with Gasteiger partial charge in [0.15, 0.2) is 6.61 Å². The SMILES string of the molecule is Cc1cccc(NC(=O)COc2ccccc2[C@H]2c3sc(=O)[nH]c3SC3C4CC(C5C(=O)N(c6ccccc6)C(=O)C45)C32)c1. The topological polar surface area (TPSA) is 109 Å². The van der Waals surface area contributed by atoms with Gasteiger partial charge in [-0.15, -0.1) is 11.8 Å². The van der Waals surface area contributed by atoms with Crippen molar-refractivity contribution in [3.8, 4) is 5.75 Å². The number of aromatic amines is 1. The summed E-state index contributed by atoms with van der Waals surface area (Å²) < 4.78 is 6.17. The van der Waals surface area contributed by atoms with Gasteiger partial charge >= 0.3 is 4.87 Å². The number of thiazole rings is 1. The van der Waals surface area contributed by atoms with Crippen molar-refractivity contribution in [3.05, 3.63) is 105 Å². The number of aromatic nitrogens is 1. The maximum Gasteiger partial charge on any atom is 0.305 e. The first-order valence-corrected chi connectivity index (χ1v) is 16.5. The number of hydrogen-bond acceptors (Lipinski definition) is 7. The van der Waals surface area contributed by atoms with Crippen LogP contribution in [0.2, 0.25) is 0 Å². The standard InChI is InChI=1S/C34H29N3O5S2/c1-17-8-7-9-18(14-17)35-24(38)16-42-23-13-6-5-12-20(23)25-26-21-15-22(29(26)43-31-30(25)44-34(41)36-31)28-27(21)32(39)37(33(28)40)19-10-3-2-4-11-19/h2-14,21-22,25-29H,15-16H2,1H3,(H,35,38)(H,36,41)/t21?,22?,25-,26?,27?,28?,29?/m1/s1. The van der Waals surface area contributed by atoms with E-state index in [1.54, 1.807) is 11.8 Å². The number of imide groups is 1. The van der Waals surface area contributed by atoms with Crippen molar-refractivity contribution in [2.24, 2.45) is 29.6 Å². The van der Waals surface area contributed by atoms with Gasteiger partial charge in [-0.1, -0.05) is 59.9 Å². The zero-order chi connectivity index (χ0) is 30.1. The molecular formula is C34H29N3O5S2. The van der Waals surface area contributed by atoms with Crippen molar-refractivity contribution in [3.63, 3.8) is 0 Å². The fourth-order valence-electron chi connectivity index (χ4n) is 8.13. The molecule has 6 unspecified atom stereocenters. The van der Waals surface area contributed by atoms with Gasteiger partial charge in [0.25, 0.3) is 5.91 Å². The van der Waals surface area contributed by atoms with Gasteiger partial charge < -0.3 is 15.0 Å². The zero-order valence-corrected chi connectivity index (χ0v) is 25.4. The van der Waals surface area contributed by atoms with Gasteiger partial charge in [-0.05, 0) is 67.0 Å². The number of aryl methyl sites for hydroxylation is 1. The molecule has 2 aliphatic carbocycles. The molecule has 3 aromatic carbocycles. The van der Waals surface area contributed by atoms with Crippen LogP contribution in [-0.2, 0) is 14.4 Å². The van der Waals surface area contributed by atoms with Gasteiger partial charge in [0.1, 0.15) is 5.75 Å². The number of nitrogens with one attached hydrogen (secondary N) is 2. The predicted octanol–water partition coefficient (Wildman–Crippen LogP) is 5.44. The largest absolute Gasteiger partial charge is 0.483 e. The minimum atomic E-state index is -0.387. The lowest BCUT2D eigenvalue weighted by Crippen LogP contribution is -2.42. The second-order valence-corrected chi connectivity index (χ2v) is 14.3. The lowest BCUT2D eigenvalue weighted by atomic mass is 9.68. The number of benzene rings is 3. The van der Waals surface area contributed by atoms with Crippen LogP contribution in [0.3, 0.4) is 0 Å². The number of hydrogen-bond donors (Lipinski definition) is 2. The lowest BCUT2D eigenvalue weighted by Gasteiger charge is -2.43. The summed E-state index contributed by atoms with van der Waals surface area (Å²) in [5.41, 5.74) is 3.26. The van der Waals surface area contributed by atoms with Crippen LogP contribution in [0.5, 0.6) is 5.75 Å². The molecule has 1 saturated heterocycles. The van der Waals surface area contributed by atoms with Gasteiger partial charge in [-0.2, -0.15) is 0 Å². The Morgan fingerprint density at radius 3 is 2.50 bits per heavy atom. The van der Waals surface area contributed by atoms with Crippen LogP contribution >= 0.6 is 23.1 Å². The highest BCUT2D eigenvalue weighted by atomic mass is 32.2. The Hall–Kier alpha value is -4.15. The number of para-hydroxylation sites is 2. The molecule has 0 radical (unpaired) electrons. The number of amides is 3. The van der Waals surface area contributed by atoms with E-state index < -0.39 is 0 Å². The van der Waals surface area contributed by atoms with Crippen LogP contribution in [0.15, 0.2) is 88.7 Å². The Balaban J connectivity index is 1.13. The molecule has 8 rings (SSSR count). The third kappa shape index (κ3) is 4.26. The quantitative estimate of drug-likeness (QED) is 0.277. The Kier molecular flexibility index (Phi) is 6.53. The van der Waals surface area contributed by atoms with Crippen LogP contribution in [0.4, 0.5) is 11.4 Å². The van der Waals surface area contributed by atoms with E-state index in [1.807, 2.05) is 85.8 Å². The number of thioether (sulfide) groups is 1. The number of carbonyl (C=O) groups excluding carboxylic acids is 3. The predicted molar refractivity (Wildman–Crippen MR) is 169 cm³/mol. The highest BCUT2D eigenvalue weighted by Crippen LogP contribution is 2.69. The molecule has 3 fully saturated rings. The number of ether oxygens (including phenoxy) is 1. The van der Waals surface area contributed by atoms with E-state index >= 15 is 0 Å². The number of carbonyl (C=O) groups is 3. The average Bonchev–Trinajstić information content (AvgIpc) is 3.75. The van der Waals surface area contributed by atoms with Crippen LogP contribution < -0.4 is 19.8 Å². The van der Waals surface area contributed by atoms with Crippen LogP contribution in [0.1, 0.15) is 28.3 Å². The molecule has 10 heteroatoms. The van der Waals surface area contributed by atoms with E-state index in [-0.39, 0.29) is 70.0 Å². The first-order chi connectivity index (χ1) is 21.4. The lowest BCUT2D eigenvalue weighted by molar-refractivity contribution is -0.123. The Bertz CT molecular complexity index is 1870. The highest BCUT2D eigenvalue weighted by molar-refractivity contribution is 8.00. The van der Waals surface area contributed by atoms with E-state index in [1.165, 1.54) is 16.2 Å². The molecule has 2 saturated carbocycles. The molecule has 44 heavy (non-hydrogen) atoms. The van der Waals surface area contributed by atoms with E-state index in [0.717, 1.165) is 27.5 Å². The summed E-state index contributed by atoms with van der Waals surface area (Å²) in [4.78, 5) is 58.5.